The molecule has 2 fully saturated rings. The Morgan fingerprint density at radius 2 is 1.65 bits per heavy atom. The summed E-state index contributed by atoms with van der Waals surface area (Å²) in [7, 11) is 0. The van der Waals surface area contributed by atoms with Crippen LogP contribution in [0.1, 0.15) is 40.5 Å². The van der Waals surface area contributed by atoms with Crippen molar-refractivity contribution in [1.29, 1.82) is 0 Å². The smallest absolute Gasteiger partial charge is 0.264 e. The first kappa shape index (κ1) is 44.7. The van der Waals surface area contributed by atoms with Crippen LogP contribution in [0.3, 0.4) is 0 Å². The number of piperidine rings is 1. The van der Waals surface area contributed by atoms with Gasteiger partial charge in [0.1, 0.15) is 29.5 Å². The van der Waals surface area contributed by atoms with Crippen molar-refractivity contribution in [3.63, 3.8) is 0 Å². The molecule has 0 bridgehead atoms. The quantitative estimate of drug-likeness (QED) is 0.0680. The van der Waals surface area contributed by atoms with Crippen LogP contribution in [0.2, 0.25) is 5.02 Å². The minimum absolute atomic E-state index is 0. The maximum absolute atomic E-state index is 16.2. The molecule has 1 aromatic heterocycles. The van der Waals surface area contributed by atoms with Crippen molar-refractivity contribution < 1.29 is 73.2 Å². The average Bonchev–Trinajstić information content (AvgIpc) is 3.48. The van der Waals surface area contributed by atoms with Crippen molar-refractivity contribution >= 4 is 63.5 Å². The third kappa shape index (κ3) is 9.84. The van der Waals surface area contributed by atoms with E-state index in [1.165, 1.54) is 19.3 Å². The number of hydrogen-bond donors (Lipinski definition) is 2. The van der Waals surface area contributed by atoms with E-state index in [1.54, 1.807) is 41.3 Å². The summed E-state index contributed by atoms with van der Waals surface area (Å²) in [5, 5.41) is 5.95. The van der Waals surface area contributed by atoms with Gasteiger partial charge in [-0.1, -0.05) is 23.2 Å². The molecule has 2 N–H and O–H groups in total. The molecule has 0 spiro atoms. The van der Waals surface area contributed by atoms with E-state index in [9.17, 15) is 24.0 Å². The summed E-state index contributed by atoms with van der Waals surface area (Å²) in [5.41, 5.74) is 1.40. The molecule has 0 saturated carbocycles. The molecule has 1 atom stereocenters. The van der Waals surface area contributed by atoms with E-state index in [0.717, 1.165) is 4.90 Å². The zero-order chi connectivity index (χ0) is 41.5. The number of hydrogen-bond acceptors (Lipinski definition) is 13. The van der Waals surface area contributed by atoms with Gasteiger partial charge in [0.05, 0.1) is 57.4 Å². The number of anilines is 2. The number of nitrogens with zero attached hydrogens (tertiary/aromatic N) is 5. The number of aromatic nitrogens is 2. The predicted octanol–water partition coefficient (Wildman–Crippen LogP) is 3.50. The van der Waals surface area contributed by atoms with E-state index < -0.39 is 35.5 Å². The third-order valence-corrected chi connectivity index (χ3v) is 10.4. The summed E-state index contributed by atoms with van der Waals surface area (Å²) in [6.45, 7) is 6.01. The SMILES string of the molecule is CC(=O)N1CCN(c2ncnc3c(F)c(-c4[c-]cccc4OCCOCCOCCOCCNc4cccc5c4C(=O)N(C4CCC(=O)NC4=O)C5=O)c(Cl)cc23)CC1.[Hf]. The van der Waals surface area contributed by atoms with Gasteiger partial charge in [-0.3, -0.25) is 34.2 Å². The van der Waals surface area contributed by atoms with Gasteiger partial charge in [0.2, 0.25) is 17.7 Å². The first-order chi connectivity index (χ1) is 28.6. The second-order valence-electron chi connectivity index (χ2n) is 13.8. The summed E-state index contributed by atoms with van der Waals surface area (Å²) in [5.74, 6) is -1.93. The molecule has 4 aromatic rings. The molecule has 314 valence electrons. The van der Waals surface area contributed by atoms with Gasteiger partial charge in [-0.2, -0.15) is 0 Å². The van der Waals surface area contributed by atoms with Gasteiger partial charge in [-0.15, -0.1) is 24.3 Å². The molecule has 60 heavy (non-hydrogen) atoms. The van der Waals surface area contributed by atoms with Crippen molar-refractivity contribution in [2.24, 2.45) is 0 Å². The molecular weight excluding hydrogens is 967 g/mol. The number of fused-ring (bicyclic) bond motifs is 2. The summed E-state index contributed by atoms with van der Waals surface area (Å²) >= 11 is 6.72. The van der Waals surface area contributed by atoms with Crippen LogP contribution in [0.5, 0.6) is 5.75 Å². The molecule has 7 rings (SSSR count). The Morgan fingerprint density at radius 3 is 2.37 bits per heavy atom. The van der Waals surface area contributed by atoms with Crippen molar-refractivity contribution in [2.45, 2.75) is 25.8 Å². The van der Waals surface area contributed by atoms with E-state index in [1.807, 2.05) is 4.90 Å². The van der Waals surface area contributed by atoms with Gasteiger partial charge in [-0.25, -0.2) is 14.4 Å². The van der Waals surface area contributed by atoms with Crippen LogP contribution in [-0.2, 0) is 54.4 Å². The maximum atomic E-state index is 16.2. The van der Waals surface area contributed by atoms with Crippen LogP contribution < -0.4 is 20.3 Å². The second kappa shape index (κ2) is 20.6. The van der Waals surface area contributed by atoms with Crippen LogP contribution in [0, 0.1) is 11.9 Å². The summed E-state index contributed by atoms with van der Waals surface area (Å²) in [6, 6.07) is 13.6. The molecule has 2 saturated heterocycles. The number of imide groups is 2. The second-order valence-corrected chi connectivity index (χ2v) is 14.2. The number of benzene rings is 3. The summed E-state index contributed by atoms with van der Waals surface area (Å²) in [6.07, 6.45) is 1.45. The Kier molecular flexibility index (Phi) is 15.3. The van der Waals surface area contributed by atoms with Gasteiger partial charge in [0.15, 0.2) is 0 Å². The minimum Gasteiger partial charge on any atom is -0.535 e. The van der Waals surface area contributed by atoms with Gasteiger partial charge in [0, 0.05) is 93.8 Å². The van der Waals surface area contributed by atoms with E-state index in [0.29, 0.717) is 94.0 Å². The van der Waals surface area contributed by atoms with E-state index in [4.69, 9.17) is 30.5 Å². The molecule has 16 nitrogen and oxygen atoms in total. The summed E-state index contributed by atoms with van der Waals surface area (Å²) < 4.78 is 39.0. The van der Waals surface area contributed by atoms with Crippen molar-refractivity contribution in [2.75, 3.05) is 89.2 Å². The Hall–Kier alpha value is -4.88. The van der Waals surface area contributed by atoms with E-state index in [2.05, 4.69) is 26.7 Å². The first-order valence-corrected chi connectivity index (χ1v) is 19.6. The maximum Gasteiger partial charge on any atom is 0.264 e. The Labute approximate surface area is 368 Å². The Balaban J connectivity index is 0.00000604. The largest absolute Gasteiger partial charge is 0.535 e. The number of nitrogens with one attached hydrogen (secondary N) is 2. The molecule has 0 radical (unpaired) electrons. The van der Waals surface area contributed by atoms with Crippen molar-refractivity contribution in [1.82, 2.24) is 25.1 Å². The van der Waals surface area contributed by atoms with Crippen LogP contribution in [0.15, 0.2) is 48.8 Å². The predicted molar refractivity (Wildman–Crippen MR) is 213 cm³/mol. The number of ether oxygens (including phenoxy) is 4. The van der Waals surface area contributed by atoms with Gasteiger partial charge >= 0.3 is 0 Å². The van der Waals surface area contributed by atoms with Crippen LogP contribution in [0.25, 0.3) is 22.0 Å². The van der Waals surface area contributed by atoms with Crippen LogP contribution in [0.4, 0.5) is 15.9 Å². The number of halogens is 2. The Bertz CT molecular complexity index is 2260. The molecule has 4 heterocycles. The topological polar surface area (TPSA) is 182 Å². The minimum atomic E-state index is -1.04. The fourth-order valence-electron chi connectivity index (χ4n) is 7.24. The standard InChI is InChI=1S/C41H42ClFN7O9.Hf/c1-25(51)48-12-14-49(15-13-48)38-28-23-29(42)34(36(43)37(28)45-24-46-38)26-5-2-3-8-32(26)59-22-21-58-20-19-57-18-17-56-16-11-44-30-7-4-6-27-35(30)41(55)50(40(27)54)31-9-10-33(52)47-39(31)53;/h2-4,6-8,23-24,31,44H,9-22H2,1H3,(H,47,52,53);/q-1;. The molecule has 19 heteroatoms. The monoisotopic (exact) mass is 1010 g/mol. The number of amides is 5. The van der Waals surface area contributed by atoms with Crippen LogP contribution >= 0.6 is 11.6 Å². The number of carbonyl (C=O) groups is 5. The van der Waals surface area contributed by atoms with E-state index in [-0.39, 0.29) is 85.0 Å². The fraction of sp³-hybridized carbons (Fsp3) is 0.390. The normalized spacial score (nSPS) is 16.5. The molecule has 3 aromatic carbocycles. The number of piperazine rings is 1. The fourth-order valence-corrected chi connectivity index (χ4v) is 7.53. The average molecular weight is 1010 g/mol. The molecule has 0 aliphatic carbocycles. The van der Waals surface area contributed by atoms with Gasteiger partial charge in [0.25, 0.3) is 11.8 Å². The number of carbonyl (C=O) groups excluding carboxylic acids is 5. The Morgan fingerprint density at radius 1 is 0.933 bits per heavy atom. The van der Waals surface area contributed by atoms with E-state index >= 15 is 4.39 Å². The van der Waals surface area contributed by atoms with Gasteiger partial charge < -0.3 is 34.1 Å². The number of rotatable bonds is 17. The summed E-state index contributed by atoms with van der Waals surface area (Å²) in [4.78, 5) is 75.3. The molecule has 1 unspecified atom stereocenters. The van der Waals surface area contributed by atoms with Crippen LogP contribution in [-0.4, -0.2) is 134 Å². The van der Waals surface area contributed by atoms with Crippen molar-refractivity contribution in [3.8, 4) is 16.9 Å². The van der Waals surface area contributed by atoms with Crippen molar-refractivity contribution in [3.05, 3.63) is 76.8 Å². The third-order valence-electron chi connectivity index (χ3n) is 10.2. The zero-order valence-corrected chi connectivity index (χ0v) is 37.1. The van der Waals surface area contributed by atoms with Gasteiger partial charge in [-0.05, 0) is 30.2 Å². The molecule has 5 amide bonds. The zero-order valence-electron chi connectivity index (χ0n) is 32.8. The molecule has 3 aliphatic heterocycles. The molecular formula is C41H42ClFHfN7O9-. The first-order valence-electron chi connectivity index (χ1n) is 19.2. The molecule has 3 aliphatic rings.